The minimum absolute atomic E-state index is 0.0424. The standard InChI is InChI=1S/C17H23N3O3/c1-4-19(12-17(2,3)23)16(22)9-10-20-14-8-6-5-7-13(14)15(21)11-18-20/h5-8,11,23H,4,9-10,12H2,1-3H3. The average Bonchev–Trinajstić information content (AvgIpc) is 2.51. The van der Waals surface area contributed by atoms with Gasteiger partial charge in [-0.15, -0.1) is 0 Å². The van der Waals surface area contributed by atoms with Crippen molar-refractivity contribution in [2.24, 2.45) is 0 Å². The maximum absolute atomic E-state index is 12.3. The van der Waals surface area contributed by atoms with Gasteiger partial charge in [0.25, 0.3) is 0 Å². The summed E-state index contributed by atoms with van der Waals surface area (Å²) >= 11 is 0. The van der Waals surface area contributed by atoms with Crippen LogP contribution in [0, 0.1) is 0 Å². The summed E-state index contributed by atoms with van der Waals surface area (Å²) < 4.78 is 1.67. The molecule has 2 rings (SSSR count). The van der Waals surface area contributed by atoms with Gasteiger partial charge in [-0.05, 0) is 32.9 Å². The Morgan fingerprint density at radius 3 is 2.70 bits per heavy atom. The summed E-state index contributed by atoms with van der Waals surface area (Å²) in [5.74, 6) is -0.0424. The van der Waals surface area contributed by atoms with Crippen LogP contribution < -0.4 is 5.43 Å². The summed E-state index contributed by atoms with van der Waals surface area (Å²) in [6.07, 6.45) is 1.55. The molecular formula is C17H23N3O3. The molecule has 0 aliphatic heterocycles. The normalized spacial score (nSPS) is 11.7. The zero-order valence-corrected chi connectivity index (χ0v) is 13.8. The molecule has 0 aliphatic carbocycles. The van der Waals surface area contributed by atoms with E-state index in [0.717, 1.165) is 5.52 Å². The third-order valence-electron chi connectivity index (χ3n) is 3.61. The first kappa shape index (κ1) is 17.1. The number of rotatable bonds is 6. The molecule has 23 heavy (non-hydrogen) atoms. The summed E-state index contributed by atoms with van der Waals surface area (Å²) in [5, 5.41) is 14.6. The summed E-state index contributed by atoms with van der Waals surface area (Å²) in [4.78, 5) is 25.8. The molecule has 0 saturated carbocycles. The van der Waals surface area contributed by atoms with Crippen molar-refractivity contribution in [1.82, 2.24) is 14.7 Å². The molecule has 0 saturated heterocycles. The molecule has 0 radical (unpaired) electrons. The van der Waals surface area contributed by atoms with E-state index in [1.165, 1.54) is 6.20 Å². The van der Waals surface area contributed by atoms with Crippen molar-refractivity contribution < 1.29 is 9.90 Å². The average molecular weight is 317 g/mol. The van der Waals surface area contributed by atoms with E-state index < -0.39 is 5.60 Å². The van der Waals surface area contributed by atoms with Crippen molar-refractivity contribution >= 4 is 16.8 Å². The number of carbonyl (C=O) groups excluding carboxylic acids is 1. The van der Waals surface area contributed by atoms with Gasteiger partial charge in [-0.2, -0.15) is 5.10 Å². The maximum atomic E-state index is 12.3. The Morgan fingerprint density at radius 1 is 1.35 bits per heavy atom. The Labute approximate surface area is 135 Å². The number of carbonyl (C=O) groups is 1. The first-order chi connectivity index (χ1) is 10.8. The van der Waals surface area contributed by atoms with Crippen LogP contribution in [0.5, 0.6) is 0 Å². The predicted molar refractivity (Wildman–Crippen MR) is 89.2 cm³/mol. The van der Waals surface area contributed by atoms with Crippen molar-refractivity contribution in [3.8, 4) is 0 Å². The van der Waals surface area contributed by atoms with Crippen LogP contribution in [0.25, 0.3) is 10.9 Å². The van der Waals surface area contributed by atoms with E-state index in [0.29, 0.717) is 25.0 Å². The third kappa shape index (κ3) is 4.39. The molecule has 0 spiro atoms. The van der Waals surface area contributed by atoms with Gasteiger partial charge in [-0.1, -0.05) is 12.1 Å². The van der Waals surface area contributed by atoms with Crippen LogP contribution in [0.3, 0.4) is 0 Å². The minimum atomic E-state index is -0.923. The number of likely N-dealkylation sites (N-methyl/N-ethyl adjacent to an activating group) is 1. The second-order valence-corrected chi connectivity index (χ2v) is 6.22. The van der Waals surface area contributed by atoms with Crippen molar-refractivity contribution in [2.75, 3.05) is 13.1 Å². The maximum Gasteiger partial charge on any atom is 0.224 e. The van der Waals surface area contributed by atoms with E-state index in [4.69, 9.17) is 0 Å². The molecule has 6 heteroatoms. The van der Waals surface area contributed by atoms with E-state index >= 15 is 0 Å². The Kier molecular flexibility index (Phi) is 5.15. The number of amides is 1. The number of benzene rings is 1. The Morgan fingerprint density at radius 2 is 2.04 bits per heavy atom. The fraction of sp³-hybridized carbons (Fsp3) is 0.471. The monoisotopic (exact) mass is 317 g/mol. The SMILES string of the molecule is CCN(CC(C)(C)O)C(=O)CCn1ncc(=O)c2ccccc21. The number of fused-ring (bicyclic) bond motifs is 1. The van der Waals surface area contributed by atoms with Crippen LogP contribution in [0.4, 0.5) is 0 Å². The Bertz CT molecular complexity index is 747. The molecule has 1 N–H and O–H groups in total. The summed E-state index contributed by atoms with van der Waals surface area (Å²) in [7, 11) is 0. The zero-order chi connectivity index (χ0) is 17.0. The lowest BCUT2D eigenvalue weighted by molar-refractivity contribution is -0.134. The summed E-state index contributed by atoms with van der Waals surface area (Å²) in [5.41, 5.74) is -0.327. The summed E-state index contributed by atoms with van der Waals surface area (Å²) in [6.45, 7) is 6.47. The van der Waals surface area contributed by atoms with Crippen LogP contribution in [0.2, 0.25) is 0 Å². The van der Waals surface area contributed by atoms with E-state index in [1.54, 1.807) is 35.6 Å². The van der Waals surface area contributed by atoms with Gasteiger partial charge in [-0.25, -0.2) is 0 Å². The largest absolute Gasteiger partial charge is 0.389 e. The lowest BCUT2D eigenvalue weighted by atomic mass is 10.1. The van der Waals surface area contributed by atoms with Gasteiger partial charge in [0, 0.05) is 24.9 Å². The van der Waals surface area contributed by atoms with E-state index in [1.807, 2.05) is 19.1 Å². The molecule has 2 aromatic rings. The minimum Gasteiger partial charge on any atom is -0.389 e. The van der Waals surface area contributed by atoms with Crippen LogP contribution in [-0.4, -0.2) is 44.4 Å². The second-order valence-electron chi connectivity index (χ2n) is 6.22. The molecular weight excluding hydrogens is 294 g/mol. The molecule has 1 amide bonds. The van der Waals surface area contributed by atoms with E-state index in [2.05, 4.69) is 5.10 Å². The molecule has 1 heterocycles. The number of hydrogen-bond donors (Lipinski definition) is 1. The van der Waals surface area contributed by atoms with Gasteiger partial charge in [-0.3, -0.25) is 14.3 Å². The Balaban J connectivity index is 2.13. The van der Waals surface area contributed by atoms with E-state index in [-0.39, 0.29) is 17.8 Å². The number of nitrogens with zero attached hydrogens (tertiary/aromatic N) is 3. The van der Waals surface area contributed by atoms with Gasteiger partial charge in [0.05, 0.1) is 23.9 Å². The quantitative estimate of drug-likeness (QED) is 0.874. The first-order valence-corrected chi connectivity index (χ1v) is 7.77. The highest BCUT2D eigenvalue weighted by Crippen LogP contribution is 2.10. The summed E-state index contributed by atoms with van der Waals surface area (Å²) in [6, 6.07) is 7.22. The molecule has 1 aromatic carbocycles. The van der Waals surface area contributed by atoms with Gasteiger partial charge in [0.2, 0.25) is 11.3 Å². The Hall–Kier alpha value is -2.21. The smallest absolute Gasteiger partial charge is 0.224 e. The van der Waals surface area contributed by atoms with Crippen LogP contribution >= 0.6 is 0 Å². The van der Waals surface area contributed by atoms with Crippen LogP contribution in [0.15, 0.2) is 35.3 Å². The second kappa shape index (κ2) is 6.91. The van der Waals surface area contributed by atoms with Crippen molar-refractivity contribution in [2.45, 2.75) is 39.3 Å². The highest BCUT2D eigenvalue weighted by atomic mass is 16.3. The topological polar surface area (TPSA) is 75.4 Å². The molecule has 6 nitrogen and oxygen atoms in total. The number of aliphatic hydroxyl groups is 1. The number of hydrogen-bond acceptors (Lipinski definition) is 4. The van der Waals surface area contributed by atoms with Crippen LogP contribution in [0.1, 0.15) is 27.2 Å². The molecule has 0 aliphatic rings. The molecule has 0 bridgehead atoms. The number of aryl methyl sites for hydroxylation is 1. The number of para-hydroxylation sites is 1. The van der Waals surface area contributed by atoms with Gasteiger partial charge in [0.15, 0.2) is 0 Å². The van der Waals surface area contributed by atoms with Crippen molar-refractivity contribution in [3.05, 3.63) is 40.7 Å². The lowest BCUT2D eigenvalue weighted by Crippen LogP contribution is -2.42. The highest BCUT2D eigenvalue weighted by molar-refractivity contribution is 5.79. The lowest BCUT2D eigenvalue weighted by Gasteiger charge is -2.28. The molecule has 0 fully saturated rings. The molecule has 0 atom stereocenters. The number of aromatic nitrogens is 2. The molecule has 0 unspecified atom stereocenters. The van der Waals surface area contributed by atoms with Gasteiger partial charge in [0.1, 0.15) is 0 Å². The van der Waals surface area contributed by atoms with Crippen LogP contribution in [-0.2, 0) is 11.3 Å². The van der Waals surface area contributed by atoms with Crippen molar-refractivity contribution in [1.29, 1.82) is 0 Å². The third-order valence-corrected chi connectivity index (χ3v) is 3.61. The van der Waals surface area contributed by atoms with Crippen molar-refractivity contribution in [3.63, 3.8) is 0 Å². The molecule has 124 valence electrons. The highest BCUT2D eigenvalue weighted by Gasteiger charge is 2.21. The molecule has 1 aromatic heterocycles. The fourth-order valence-electron chi connectivity index (χ4n) is 2.54. The zero-order valence-electron chi connectivity index (χ0n) is 13.8. The van der Waals surface area contributed by atoms with Gasteiger partial charge >= 0.3 is 0 Å². The predicted octanol–water partition coefficient (Wildman–Crippen LogP) is 1.41. The fourth-order valence-corrected chi connectivity index (χ4v) is 2.54. The first-order valence-electron chi connectivity index (χ1n) is 7.77. The van der Waals surface area contributed by atoms with E-state index in [9.17, 15) is 14.7 Å². The van der Waals surface area contributed by atoms with Gasteiger partial charge < -0.3 is 10.0 Å².